The van der Waals surface area contributed by atoms with E-state index in [2.05, 4.69) is 9.71 Å². The van der Waals surface area contributed by atoms with Crippen LogP contribution in [-0.4, -0.2) is 49.4 Å². The number of nitrogens with two attached hydrogens (primary N) is 2. The number of alkyl halides is 3. The van der Waals surface area contributed by atoms with Gasteiger partial charge in [0.2, 0.25) is 15.9 Å². The van der Waals surface area contributed by atoms with E-state index in [1.807, 2.05) is 5.32 Å². The number of rotatable bonds is 12. The Morgan fingerprint density at radius 2 is 1.75 bits per heavy atom. The van der Waals surface area contributed by atoms with Crippen LogP contribution < -0.4 is 27.1 Å². The van der Waals surface area contributed by atoms with Crippen LogP contribution in [0.1, 0.15) is 18.4 Å². The number of carbonyl (C=O) groups excluding carboxylic acids is 2. The van der Waals surface area contributed by atoms with Gasteiger partial charge in [-0.1, -0.05) is 30.3 Å². The molecule has 0 spiro atoms. The summed E-state index contributed by atoms with van der Waals surface area (Å²) in [5, 5.41) is 1.97. The number of amides is 1. The second kappa shape index (κ2) is 12.2. The van der Waals surface area contributed by atoms with Crippen LogP contribution >= 0.6 is 0 Å². The maximum absolute atomic E-state index is 13.0. The standard InChI is InChI=1S/C21H25F3N6O5S/c22-21(23,24)18(32)15(8-4-10-27-20(25)26)28-17(31)12-30-11-5-9-16(19(30)33)29-36(34,35)13-14-6-2-1-3-7-14/h1-3,5-7,9,11,15,29H,4,8,10,12-13H2,(H,28,31)(H4,25,26,27). The Balaban J connectivity index is 2.12. The molecule has 0 aliphatic heterocycles. The van der Waals surface area contributed by atoms with Crippen molar-refractivity contribution in [3.05, 3.63) is 64.6 Å². The normalized spacial score (nSPS) is 12.4. The Morgan fingerprint density at radius 1 is 1.08 bits per heavy atom. The molecule has 1 amide bonds. The summed E-state index contributed by atoms with van der Waals surface area (Å²) in [6.45, 7) is -0.826. The molecular weight excluding hydrogens is 505 g/mol. The smallest absolute Gasteiger partial charge is 0.370 e. The number of anilines is 1. The Hall–Kier alpha value is -3.88. The van der Waals surface area contributed by atoms with E-state index >= 15 is 0 Å². The number of hydrogen-bond acceptors (Lipinski definition) is 6. The van der Waals surface area contributed by atoms with Crippen molar-refractivity contribution in [2.75, 3.05) is 11.3 Å². The summed E-state index contributed by atoms with van der Waals surface area (Å²) in [5.74, 6) is -3.93. The van der Waals surface area contributed by atoms with Crippen LogP contribution in [0.3, 0.4) is 0 Å². The first-order chi connectivity index (χ1) is 16.8. The maximum atomic E-state index is 13.0. The Labute approximate surface area is 204 Å². The molecule has 2 rings (SSSR count). The molecule has 6 N–H and O–H groups in total. The summed E-state index contributed by atoms with van der Waals surface area (Å²) < 4.78 is 66.7. The number of Topliss-reactive ketones (excluding diaryl/α,β-unsaturated/α-hetero) is 1. The summed E-state index contributed by atoms with van der Waals surface area (Å²) in [7, 11) is -3.98. The fourth-order valence-corrected chi connectivity index (χ4v) is 4.29. The van der Waals surface area contributed by atoms with Gasteiger partial charge in [-0.3, -0.25) is 24.1 Å². The lowest BCUT2D eigenvalue weighted by Gasteiger charge is -2.19. The van der Waals surface area contributed by atoms with Gasteiger partial charge in [0.15, 0.2) is 5.96 Å². The van der Waals surface area contributed by atoms with E-state index in [0.29, 0.717) is 5.56 Å². The van der Waals surface area contributed by atoms with Gasteiger partial charge in [0, 0.05) is 12.7 Å². The molecule has 1 unspecified atom stereocenters. The molecule has 1 aromatic heterocycles. The van der Waals surface area contributed by atoms with Crippen molar-refractivity contribution in [3.63, 3.8) is 0 Å². The monoisotopic (exact) mass is 530 g/mol. The first kappa shape index (κ1) is 28.4. The molecule has 36 heavy (non-hydrogen) atoms. The molecule has 1 aromatic carbocycles. The first-order valence-electron chi connectivity index (χ1n) is 10.5. The lowest BCUT2D eigenvalue weighted by Crippen LogP contribution is -2.48. The highest BCUT2D eigenvalue weighted by atomic mass is 32.2. The Bertz CT molecular complexity index is 1260. The highest BCUT2D eigenvalue weighted by Crippen LogP contribution is 2.20. The highest BCUT2D eigenvalue weighted by molar-refractivity contribution is 7.91. The molecule has 0 bridgehead atoms. The number of aromatic nitrogens is 1. The van der Waals surface area contributed by atoms with Gasteiger partial charge in [0.25, 0.3) is 11.3 Å². The van der Waals surface area contributed by atoms with E-state index < -0.39 is 58.2 Å². The van der Waals surface area contributed by atoms with Crippen molar-refractivity contribution >= 4 is 33.4 Å². The largest absolute Gasteiger partial charge is 0.452 e. The molecule has 2 aromatic rings. The molecule has 0 aliphatic carbocycles. The number of nitrogens with one attached hydrogen (secondary N) is 2. The van der Waals surface area contributed by atoms with Crippen molar-refractivity contribution in [2.24, 2.45) is 16.5 Å². The number of pyridine rings is 1. The molecule has 0 saturated carbocycles. The molecule has 0 aliphatic rings. The van der Waals surface area contributed by atoms with Crippen LogP contribution in [0.15, 0.2) is 58.4 Å². The number of nitrogens with zero attached hydrogens (tertiary/aromatic N) is 2. The van der Waals surface area contributed by atoms with Crippen molar-refractivity contribution in [3.8, 4) is 0 Å². The summed E-state index contributed by atoms with van der Waals surface area (Å²) in [6.07, 6.45) is -4.50. The van der Waals surface area contributed by atoms with E-state index in [1.54, 1.807) is 30.3 Å². The third kappa shape index (κ3) is 9.05. The molecule has 0 fully saturated rings. The third-order valence-corrected chi connectivity index (χ3v) is 5.92. The average molecular weight is 531 g/mol. The fourth-order valence-electron chi connectivity index (χ4n) is 3.10. The minimum absolute atomic E-state index is 0.0384. The SMILES string of the molecule is NC(N)=NCCCC(NC(=O)Cn1cccc(NS(=O)(=O)Cc2ccccc2)c1=O)C(=O)C(F)(F)F. The molecule has 196 valence electrons. The predicted molar refractivity (Wildman–Crippen MR) is 126 cm³/mol. The van der Waals surface area contributed by atoms with Crippen molar-refractivity contribution in [1.29, 1.82) is 0 Å². The van der Waals surface area contributed by atoms with Gasteiger partial charge in [-0.25, -0.2) is 8.42 Å². The number of ketones is 1. The zero-order valence-corrected chi connectivity index (χ0v) is 19.7. The van der Waals surface area contributed by atoms with Gasteiger partial charge in [-0.05, 0) is 30.5 Å². The first-order valence-corrected chi connectivity index (χ1v) is 12.1. The van der Waals surface area contributed by atoms with Crippen LogP contribution in [0.25, 0.3) is 0 Å². The van der Waals surface area contributed by atoms with Crippen LogP contribution in [0.5, 0.6) is 0 Å². The van der Waals surface area contributed by atoms with Crippen molar-refractivity contribution in [2.45, 2.75) is 37.4 Å². The van der Waals surface area contributed by atoms with E-state index in [-0.39, 0.29) is 24.6 Å². The lowest BCUT2D eigenvalue weighted by atomic mass is 10.1. The zero-order valence-electron chi connectivity index (χ0n) is 18.9. The fraction of sp³-hybridized carbons (Fsp3) is 0.333. The molecule has 15 heteroatoms. The molecule has 11 nitrogen and oxygen atoms in total. The van der Waals surface area contributed by atoms with Crippen molar-refractivity contribution in [1.82, 2.24) is 9.88 Å². The number of benzene rings is 1. The number of hydrogen-bond donors (Lipinski definition) is 4. The van der Waals surface area contributed by atoms with Gasteiger partial charge in [-0.2, -0.15) is 13.2 Å². The third-order valence-electron chi connectivity index (χ3n) is 4.68. The number of sulfonamides is 1. The van der Waals surface area contributed by atoms with Gasteiger partial charge < -0.3 is 21.4 Å². The second-order valence-electron chi connectivity index (χ2n) is 7.63. The van der Waals surface area contributed by atoms with Gasteiger partial charge in [0.05, 0.1) is 11.8 Å². The Morgan fingerprint density at radius 3 is 2.36 bits per heavy atom. The lowest BCUT2D eigenvalue weighted by molar-refractivity contribution is -0.174. The summed E-state index contributed by atoms with van der Waals surface area (Å²) in [6, 6.07) is 8.72. The number of guanidine groups is 1. The van der Waals surface area contributed by atoms with E-state index in [4.69, 9.17) is 11.5 Å². The van der Waals surface area contributed by atoms with Crippen LogP contribution in [0.4, 0.5) is 18.9 Å². The summed E-state index contributed by atoms with van der Waals surface area (Å²) in [4.78, 5) is 40.4. The topological polar surface area (TPSA) is 179 Å². The number of aliphatic imine (C=N–C) groups is 1. The molecule has 0 radical (unpaired) electrons. The second-order valence-corrected chi connectivity index (χ2v) is 9.35. The van der Waals surface area contributed by atoms with E-state index in [1.165, 1.54) is 12.1 Å². The van der Waals surface area contributed by atoms with Crippen LogP contribution in [-0.2, 0) is 31.9 Å². The quantitative estimate of drug-likeness (QED) is 0.175. The molecular formula is C21H25F3N6O5S. The molecule has 0 saturated heterocycles. The predicted octanol–water partition coefficient (Wildman–Crippen LogP) is 0.460. The Kier molecular flexibility index (Phi) is 9.60. The number of carbonyl (C=O) groups is 2. The zero-order chi connectivity index (χ0) is 26.9. The average Bonchev–Trinajstić information content (AvgIpc) is 2.77. The minimum atomic E-state index is -5.21. The van der Waals surface area contributed by atoms with Gasteiger partial charge in [-0.15, -0.1) is 0 Å². The highest BCUT2D eigenvalue weighted by Gasteiger charge is 2.43. The van der Waals surface area contributed by atoms with Gasteiger partial charge >= 0.3 is 6.18 Å². The van der Waals surface area contributed by atoms with Crippen molar-refractivity contribution < 1.29 is 31.2 Å². The van der Waals surface area contributed by atoms with Gasteiger partial charge in [0.1, 0.15) is 12.2 Å². The minimum Gasteiger partial charge on any atom is -0.370 e. The molecule has 1 heterocycles. The molecule has 1 atom stereocenters. The van der Waals surface area contributed by atoms with Crippen LogP contribution in [0, 0.1) is 0 Å². The van der Waals surface area contributed by atoms with E-state index in [9.17, 15) is 36.0 Å². The summed E-state index contributed by atoms with van der Waals surface area (Å²) in [5.41, 5.74) is 9.49. The number of halogens is 3. The maximum Gasteiger partial charge on any atom is 0.452 e. The van der Waals surface area contributed by atoms with E-state index in [0.717, 1.165) is 10.8 Å². The van der Waals surface area contributed by atoms with Crippen LogP contribution in [0.2, 0.25) is 0 Å². The summed E-state index contributed by atoms with van der Waals surface area (Å²) >= 11 is 0.